The highest BCUT2D eigenvalue weighted by Crippen LogP contribution is 2.35. The van der Waals surface area contributed by atoms with E-state index in [0.29, 0.717) is 10.9 Å². The van der Waals surface area contributed by atoms with Crippen LogP contribution in [0.5, 0.6) is 0 Å². The van der Waals surface area contributed by atoms with Gasteiger partial charge in [-0.2, -0.15) is 23.5 Å². The number of carbonyl (C=O) groups is 1. The van der Waals surface area contributed by atoms with Gasteiger partial charge in [0, 0.05) is 17.1 Å². The van der Waals surface area contributed by atoms with Gasteiger partial charge < -0.3 is 5.73 Å². The van der Waals surface area contributed by atoms with Crippen molar-refractivity contribution in [2.45, 2.75) is 12.8 Å². The second-order valence-electron chi connectivity index (χ2n) is 6.17. The van der Waals surface area contributed by atoms with E-state index in [-0.39, 0.29) is 22.6 Å². The summed E-state index contributed by atoms with van der Waals surface area (Å²) in [6.07, 6.45) is 1.59. The number of rotatable bonds is 4. The number of alkyl halides is 2. The smallest absolute Gasteiger partial charge is 0.333 e. The minimum atomic E-state index is -3.47. The SMILES string of the molecule is C/C(=N/NC(N)=O)c1ccc2nnc(C(F)(F)c3ccc4ncccc4c3)n2n1. The molecule has 11 heteroatoms. The Balaban J connectivity index is 1.80. The monoisotopic (exact) mass is 396 g/mol. The van der Waals surface area contributed by atoms with Gasteiger partial charge in [0.15, 0.2) is 5.65 Å². The number of benzene rings is 1. The van der Waals surface area contributed by atoms with Gasteiger partial charge in [-0.1, -0.05) is 12.1 Å². The van der Waals surface area contributed by atoms with Crippen LogP contribution in [0.15, 0.2) is 53.8 Å². The van der Waals surface area contributed by atoms with E-state index >= 15 is 8.78 Å². The van der Waals surface area contributed by atoms with Crippen molar-refractivity contribution in [1.29, 1.82) is 0 Å². The molecule has 0 aliphatic heterocycles. The molecule has 0 saturated carbocycles. The molecule has 3 heterocycles. The number of hydrogen-bond acceptors (Lipinski definition) is 6. The second kappa shape index (κ2) is 6.86. The van der Waals surface area contributed by atoms with Crippen molar-refractivity contribution in [2.75, 3.05) is 0 Å². The number of halogens is 2. The Morgan fingerprint density at radius 1 is 1.21 bits per heavy atom. The fourth-order valence-electron chi connectivity index (χ4n) is 2.77. The van der Waals surface area contributed by atoms with E-state index < -0.39 is 17.8 Å². The Hall–Kier alpha value is -4.02. The average Bonchev–Trinajstić information content (AvgIpc) is 3.15. The van der Waals surface area contributed by atoms with Crippen LogP contribution in [0.3, 0.4) is 0 Å². The summed E-state index contributed by atoms with van der Waals surface area (Å²) in [5.74, 6) is -4.11. The highest BCUT2D eigenvalue weighted by Gasteiger charge is 2.40. The summed E-state index contributed by atoms with van der Waals surface area (Å²) < 4.78 is 31.5. The summed E-state index contributed by atoms with van der Waals surface area (Å²) >= 11 is 0. The maximum Gasteiger partial charge on any atom is 0.333 e. The molecule has 3 N–H and O–H groups in total. The first-order valence-corrected chi connectivity index (χ1v) is 8.42. The maximum absolute atomic E-state index is 15.3. The third-order valence-electron chi connectivity index (χ3n) is 4.21. The molecule has 29 heavy (non-hydrogen) atoms. The summed E-state index contributed by atoms with van der Waals surface area (Å²) in [6, 6.07) is 9.69. The first kappa shape index (κ1) is 18.3. The lowest BCUT2D eigenvalue weighted by atomic mass is 10.0. The molecule has 9 nitrogen and oxygen atoms in total. The van der Waals surface area contributed by atoms with Gasteiger partial charge in [-0.05, 0) is 37.3 Å². The number of urea groups is 1. The molecule has 4 rings (SSSR count). The number of pyridine rings is 1. The van der Waals surface area contributed by atoms with Gasteiger partial charge in [-0.3, -0.25) is 4.98 Å². The van der Waals surface area contributed by atoms with Crippen molar-refractivity contribution in [2.24, 2.45) is 10.8 Å². The molecule has 0 unspecified atom stereocenters. The van der Waals surface area contributed by atoms with E-state index in [4.69, 9.17) is 5.73 Å². The molecule has 0 aliphatic carbocycles. The fourth-order valence-corrected chi connectivity index (χ4v) is 2.77. The number of hydrogen-bond donors (Lipinski definition) is 2. The van der Waals surface area contributed by atoms with Crippen molar-refractivity contribution >= 4 is 28.3 Å². The standard InChI is InChI=1S/C18H14F2N8O/c1-10(23-26-17(21)29)13-6-7-15-24-25-16(28(15)27-13)18(19,20)12-4-5-14-11(9-12)3-2-8-22-14/h2-9H,1H3,(H3,21,26,29)/b23-10-. The number of primary amides is 1. The Morgan fingerprint density at radius 3 is 2.83 bits per heavy atom. The Kier molecular flexibility index (Phi) is 4.34. The topological polar surface area (TPSA) is 123 Å². The zero-order chi connectivity index (χ0) is 20.6. The predicted octanol–water partition coefficient (Wildman–Crippen LogP) is 2.20. The Morgan fingerprint density at radius 2 is 2.03 bits per heavy atom. The van der Waals surface area contributed by atoms with Crippen molar-refractivity contribution < 1.29 is 13.6 Å². The number of fused-ring (bicyclic) bond motifs is 2. The number of amides is 2. The summed E-state index contributed by atoms with van der Waals surface area (Å²) in [6.45, 7) is 1.54. The lowest BCUT2D eigenvalue weighted by Gasteiger charge is -2.15. The predicted molar refractivity (Wildman–Crippen MR) is 100 cm³/mol. The Labute approximate surface area is 162 Å². The number of nitrogens with one attached hydrogen (secondary N) is 1. The minimum absolute atomic E-state index is 0.140. The van der Waals surface area contributed by atoms with Crippen LogP contribution < -0.4 is 11.2 Å². The number of hydrazone groups is 1. The van der Waals surface area contributed by atoms with Gasteiger partial charge >= 0.3 is 12.0 Å². The lowest BCUT2D eigenvalue weighted by molar-refractivity contribution is 0.0307. The molecule has 4 aromatic rings. The summed E-state index contributed by atoms with van der Waals surface area (Å²) in [7, 11) is 0. The molecular formula is C18H14F2N8O. The summed E-state index contributed by atoms with van der Waals surface area (Å²) in [5, 5.41) is 15.9. The van der Waals surface area contributed by atoms with Gasteiger partial charge in [0.25, 0.3) is 0 Å². The van der Waals surface area contributed by atoms with Crippen molar-refractivity contribution in [3.05, 3.63) is 65.7 Å². The molecule has 0 bridgehead atoms. The highest BCUT2D eigenvalue weighted by molar-refractivity contribution is 5.97. The third-order valence-corrected chi connectivity index (χ3v) is 4.21. The van der Waals surface area contributed by atoms with Crippen molar-refractivity contribution in [3.63, 3.8) is 0 Å². The molecule has 0 fully saturated rings. The third kappa shape index (κ3) is 3.33. The van der Waals surface area contributed by atoms with Crippen LogP contribution in [-0.2, 0) is 5.92 Å². The van der Waals surface area contributed by atoms with E-state index in [0.717, 1.165) is 4.52 Å². The summed E-state index contributed by atoms with van der Waals surface area (Å²) in [4.78, 5) is 14.9. The molecule has 146 valence electrons. The molecule has 1 aromatic carbocycles. The van der Waals surface area contributed by atoms with Crippen molar-refractivity contribution in [1.82, 2.24) is 30.2 Å². The summed E-state index contributed by atoms with van der Waals surface area (Å²) in [5.41, 5.74) is 8.03. The quantitative estimate of drug-likeness (QED) is 0.404. The van der Waals surface area contributed by atoms with Crippen LogP contribution in [0.25, 0.3) is 16.6 Å². The van der Waals surface area contributed by atoms with E-state index in [1.807, 2.05) is 0 Å². The first-order chi connectivity index (χ1) is 13.9. The maximum atomic E-state index is 15.3. The molecule has 2 amide bonds. The van der Waals surface area contributed by atoms with Gasteiger partial charge in [0.05, 0.1) is 11.2 Å². The van der Waals surface area contributed by atoms with E-state index in [2.05, 4.69) is 30.8 Å². The lowest BCUT2D eigenvalue weighted by Crippen LogP contribution is -2.26. The van der Waals surface area contributed by atoms with Crippen LogP contribution in [-0.4, -0.2) is 36.5 Å². The zero-order valence-corrected chi connectivity index (χ0v) is 15.0. The van der Waals surface area contributed by atoms with E-state index in [9.17, 15) is 4.79 Å². The van der Waals surface area contributed by atoms with Gasteiger partial charge in [-0.25, -0.2) is 10.2 Å². The van der Waals surface area contributed by atoms with Crippen molar-refractivity contribution in [3.8, 4) is 0 Å². The molecule has 0 spiro atoms. The fraction of sp³-hybridized carbons (Fsp3) is 0.111. The van der Waals surface area contributed by atoms with Gasteiger partial charge in [-0.15, -0.1) is 10.2 Å². The van der Waals surface area contributed by atoms with E-state index in [1.54, 1.807) is 25.3 Å². The molecule has 0 saturated heterocycles. The molecule has 3 aromatic heterocycles. The molecule has 0 radical (unpaired) electrons. The number of nitrogens with two attached hydrogens (primary N) is 1. The Bertz CT molecular complexity index is 1270. The normalized spacial score (nSPS) is 12.4. The molecule has 0 atom stereocenters. The number of carbonyl (C=O) groups excluding carboxylic acids is 1. The largest absolute Gasteiger partial charge is 0.350 e. The number of aromatic nitrogens is 5. The van der Waals surface area contributed by atoms with E-state index in [1.165, 1.54) is 30.3 Å². The molecule has 0 aliphatic rings. The van der Waals surface area contributed by atoms with Gasteiger partial charge in [0.2, 0.25) is 5.82 Å². The minimum Gasteiger partial charge on any atom is -0.350 e. The second-order valence-corrected chi connectivity index (χ2v) is 6.17. The average molecular weight is 396 g/mol. The zero-order valence-electron chi connectivity index (χ0n) is 15.0. The van der Waals surface area contributed by atoms with Crippen LogP contribution in [0.2, 0.25) is 0 Å². The van der Waals surface area contributed by atoms with Crippen LogP contribution in [0, 0.1) is 0 Å². The number of nitrogens with zero attached hydrogens (tertiary/aromatic N) is 6. The van der Waals surface area contributed by atoms with Crippen LogP contribution in [0.4, 0.5) is 13.6 Å². The van der Waals surface area contributed by atoms with Gasteiger partial charge in [0.1, 0.15) is 5.69 Å². The van der Waals surface area contributed by atoms with Crippen LogP contribution >= 0.6 is 0 Å². The molecular weight excluding hydrogens is 382 g/mol. The van der Waals surface area contributed by atoms with Crippen LogP contribution in [0.1, 0.15) is 24.0 Å². The highest BCUT2D eigenvalue weighted by atomic mass is 19.3. The first-order valence-electron chi connectivity index (χ1n) is 8.42.